The number of thiophene rings is 1. The summed E-state index contributed by atoms with van der Waals surface area (Å²) >= 11 is 2.63. The number of carbonyl (C=O) groups is 1. The fraction of sp³-hybridized carbons (Fsp3) is 0.320. The highest BCUT2D eigenvalue weighted by molar-refractivity contribution is 7.91. The molecule has 1 fully saturated rings. The number of benzene rings is 1. The molecular formula is C25H26N4O3S3. The molecule has 0 bridgehead atoms. The van der Waals surface area contributed by atoms with E-state index >= 15 is 0 Å². The lowest BCUT2D eigenvalue weighted by Crippen LogP contribution is -2.52. The zero-order valence-corrected chi connectivity index (χ0v) is 22.0. The molecule has 1 aliphatic rings. The van der Waals surface area contributed by atoms with E-state index in [0.29, 0.717) is 18.1 Å². The summed E-state index contributed by atoms with van der Waals surface area (Å²) in [7, 11) is -3.76. The molecule has 4 aromatic rings. The zero-order valence-electron chi connectivity index (χ0n) is 19.5. The Morgan fingerprint density at radius 1 is 1.17 bits per heavy atom. The van der Waals surface area contributed by atoms with Gasteiger partial charge in [0.15, 0.2) is 5.13 Å². The third-order valence-corrected chi connectivity index (χ3v) is 10.8. The zero-order chi connectivity index (χ0) is 24.6. The first-order valence-corrected chi connectivity index (χ1v) is 14.6. The number of thiazole rings is 1. The van der Waals surface area contributed by atoms with Crippen LogP contribution < -0.4 is 4.90 Å². The Morgan fingerprint density at radius 3 is 2.77 bits per heavy atom. The van der Waals surface area contributed by atoms with E-state index in [2.05, 4.69) is 11.1 Å². The fourth-order valence-corrected chi connectivity index (χ4v) is 8.19. The fourth-order valence-electron chi connectivity index (χ4n) is 4.39. The van der Waals surface area contributed by atoms with Crippen molar-refractivity contribution in [3.8, 4) is 0 Å². The molecule has 1 amide bonds. The molecule has 1 saturated heterocycles. The number of rotatable bonds is 6. The van der Waals surface area contributed by atoms with Gasteiger partial charge in [-0.15, -0.1) is 11.3 Å². The van der Waals surface area contributed by atoms with Crippen LogP contribution in [0.15, 0.2) is 58.4 Å². The molecule has 1 aliphatic heterocycles. The number of aryl methyl sites for hydroxylation is 2. The van der Waals surface area contributed by atoms with Gasteiger partial charge in [-0.3, -0.25) is 14.7 Å². The van der Waals surface area contributed by atoms with Gasteiger partial charge < -0.3 is 0 Å². The molecule has 10 heteroatoms. The van der Waals surface area contributed by atoms with Crippen molar-refractivity contribution in [1.82, 2.24) is 14.3 Å². The van der Waals surface area contributed by atoms with E-state index in [1.54, 1.807) is 34.8 Å². The summed E-state index contributed by atoms with van der Waals surface area (Å²) in [5.74, 6) is -0.248. The number of nitrogens with zero attached hydrogens (tertiary/aromatic N) is 4. The Hall–Kier alpha value is -2.66. The second kappa shape index (κ2) is 9.77. The van der Waals surface area contributed by atoms with Gasteiger partial charge in [0, 0.05) is 18.9 Å². The van der Waals surface area contributed by atoms with Crippen molar-refractivity contribution in [1.29, 1.82) is 0 Å². The van der Waals surface area contributed by atoms with Gasteiger partial charge in [-0.05, 0) is 67.0 Å². The molecule has 0 radical (unpaired) electrons. The molecule has 1 atom stereocenters. The van der Waals surface area contributed by atoms with Crippen molar-refractivity contribution >= 4 is 54.0 Å². The van der Waals surface area contributed by atoms with Crippen molar-refractivity contribution in [3.63, 3.8) is 0 Å². The molecule has 0 spiro atoms. The first-order chi connectivity index (χ1) is 16.9. The van der Waals surface area contributed by atoms with E-state index in [4.69, 9.17) is 4.98 Å². The van der Waals surface area contributed by atoms with Crippen LogP contribution in [0.1, 0.15) is 36.0 Å². The van der Waals surface area contributed by atoms with Crippen LogP contribution in [-0.4, -0.2) is 41.2 Å². The van der Waals surface area contributed by atoms with E-state index in [9.17, 15) is 13.2 Å². The van der Waals surface area contributed by atoms with Crippen LogP contribution in [0.2, 0.25) is 0 Å². The van der Waals surface area contributed by atoms with Crippen LogP contribution in [-0.2, 0) is 21.4 Å². The summed E-state index contributed by atoms with van der Waals surface area (Å²) in [6, 6.07) is 10.4. The maximum Gasteiger partial charge on any atom is 0.253 e. The highest BCUT2D eigenvalue weighted by Crippen LogP contribution is 2.35. The third-order valence-electron chi connectivity index (χ3n) is 6.43. The smallest absolute Gasteiger partial charge is 0.253 e. The number of carbonyl (C=O) groups excluding carboxylic acids is 1. The summed E-state index contributed by atoms with van der Waals surface area (Å²) < 4.78 is 29.5. The van der Waals surface area contributed by atoms with Gasteiger partial charge in [-0.25, -0.2) is 13.4 Å². The van der Waals surface area contributed by atoms with Crippen LogP contribution in [0.5, 0.6) is 0 Å². The van der Waals surface area contributed by atoms with E-state index in [-0.39, 0.29) is 16.7 Å². The summed E-state index contributed by atoms with van der Waals surface area (Å²) in [6.45, 7) is 4.68. The first kappa shape index (κ1) is 24.1. The number of hydrogen-bond acceptors (Lipinski definition) is 7. The van der Waals surface area contributed by atoms with Gasteiger partial charge in [0.2, 0.25) is 5.91 Å². The molecular weight excluding hydrogens is 501 g/mol. The summed E-state index contributed by atoms with van der Waals surface area (Å²) in [5, 5.41) is 2.31. The van der Waals surface area contributed by atoms with Gasteiger partial charge in [-0.1, -0.05) is 36.0 Å². The number of amides is 1. The highest BCUT2D eigenvalue weighted by atomic mass is 32.2. The highest BCUT2D eigenvalue weighted by Gasteiger charge is 2.40. The molecule has 0 aliphatic carbocycles. The summed E-state index contributed by atoms with van der Waals surface area (Å²) in [4.78, 5) is 24.8. The molecule has 5 rings (SSSR count). The molecule has 7 nitrogen and oxygen atoms in total. The van der Waals surface area contributed by atoms with Crippen molar-refractivity contribution < 1.29 is 13.2 Å². The molecule has 35 heavy (non-hydrogen) atoms. The van der Waals surface area contributed by atoms with Crippen LogP contribution in [0.25, 0.3) is 10.2 Å². The Balaban J connectivity index is 1.56. The molecule has 182 valence electrons. The van der Waals surface area contributed by atoms with E-state index in [1.165, 1.54) is 27.0 Å². The molecule has 1 unspecified atom stereocenters. The Bertz CT molecular complexity index is 1450. The van der Waals surface area contributed by atoms with Gasteiger partial charge >= 0.3 is 0 Å². The van der Waals surface area contributed by atoms with Crippen LogP contribution in [0, 0.1) is 13.8 Å². The number of hydrogen-bond donors (Lipinski definition) is 0. The first-order valence-electron chi connectivity index (χ1n) is 11.5. The normalized spacial score (nSPS) is 17.0. The topological polar surface area (TPSA) is 83.5 Å². The number of sulfonamides is 1. The largest absolute Gasteiger partial charge is 0.282 e. The minimum absolute atomic E-state index is 0.248. The second-order valence-corrected chi connectivity index (χ2v) is 12.8. The van der Waals surface area contributed by atoms with Gasteiger partial charge in [-0.2, -0.15) is 4.31 Å². The minimum Gasteiger partial charge on any atom is -0.282 e. The maximum absolute atomic E-state index is 14.1. The van der Waals surface area contributed by atoms with Crippen LogP contribution >= 0.6 is 22.7 Å². The van der Waals surface area contributed by atoms with Gasteiger partial charge in [0.1, 0.15) is 10.3 Å². The number of piperidine rings is 1. The van der Waals surface area contributed by atoms with E-state index in [0.717, 1.165) is 39.7 Å². The van der Waals surface area contributed by atoms with Gasteiger partial charge in [0.25, 0.3) is 10.0 Å². The number of fused-ring (bicyclic) bond motifs is 1. The Kier molecular flexibility index (Phi) is 6.71. The van der Waals surface area contributed by atoms with Crippen molar-refractivity contribution in [2.75, 3.05) is 11.4 Å². The monoisotopic (exact) mass is 526 g/mol. The third kappa shape index (κ3) is 4.63. The predicted molar refractivity (Wildman–Crippen MR) is 140 cm³/mol. The van der Waals surface area contributed by atoms with Crippen LogP contribution in [0.4, 0.5) is 5.13 Å². The second-order valence-electron chi connectivity index (χ2n) is 8.70. The SMILES string of the molecule is Cc1ccc2sc(N(Cc3cccnc3)C(=O)C3CCCCN3S(=O)(=O)c3cccs3)nc2c1C. The lowest BCUT2D eigenvalue weighted by molar-refractivity contribution is -0.123. The molecule has 0 N–H and O–H groups in total. The van der Waals surface area contributed by atoms with Crippen molar-refractivity contribution in [2.45, 2.75) is 49.9 Å². The van der Waals surface area contributed by atoms with Crippen LogP contribution in [0.3, 0.4) is 0 Å². The number of aromatic nitrogens is 2. The Labute approximate surface area is 213 Å². The average Bonchev–Trinajstić information content (AvgIpc) is 3.56. The van der Waals surface area contributed by atoms with Gasteiger partial charge in [0.05, 0.1) is 16.8 Å². The minimum atomic E-state index is -3.76. The summed E-state index contributed by atoms with van der Waals surface area (Å²) in [6.07, 6.45) is 5.43. The molecule has 0 saturated carbocycles. The lowest BCUT2D eigenvalue weighted by Gasteiger charge is -2.35. The molecule has 1 aromatic carbocycles. The number of anilines is 1. The molecule has 4 heterocycles. The summed E-state index contributed by atoms with van der Waals surface area (Å²) in [5.41, 5.74) is 3.95. The van der Waals surface area contributed by atoms with Crippen molar-refractivity contribution in [2.24, 2.45) is 0 Å². The lowest BCUT2D eigenvalue weighted by atomic mass is 10.0. The van der Waals surface area contributed by atoms with Crippen molar-refractivity contribution in [3.05, 3.63) is 70.9 Å². The quantitative estimate of drug-likeness (QED) is 0.347. The molecule has 3 aromatic heterocycles. The average molecular weight is 527 g/mol. The van der Waals surface area contributed by atoms with E-state index in [1.807, 2.05) is 32.0 Å². The Morgan fingerprint density at radius 2 is 2.03 bits per heavy atom. The predicted octanol–water partition coefficient (Wildman–Crippen LogP) is 5.15. The standard InChI is InChI=1S/C25H26N4O3S3/c1-17-10-11-21-23(18(17)2)27-25(34-21)28(16-19-7-5-12-26-15-19)24(30)20-8-3-4-13-29(20)35(31,32)22-9-6-14-33-22/h5-7,9-12,14-15,20H,3-4,8,13,16H2,1-2H3. The number of pyridine rings is 1. The van der Waals surface area contributed by atoms with E-state index < -0.39 is 16.1 Å². The maximum atomic E-state index is 14.1.